The van der Waals surface area contributed by atoms with E-state index in [0.717, 1.165) is 12.4 Å². The number of anilines is 1. The highest BCUT2D eigenvalue weighted by molar-refractivity contribution is 5.81. The van der Waals surface area contributed by atoms with Crippen LogP contribution in [-0.2, 0) is 15.7 Å². The van der Waals surface area contributed by atoms with Gasteiger partial charge >= 0.3 is 6.18 Å². The predicted octanol–water partition coefficient (Wildman–Crippen LogP) is 0.911. The Balaban J connectivity index is 1.56. The summed E-state index contributed by atoms with van der Waals surface area (Å²) < 4.78 is 43.6. The van der Waals surface area contributed by atoms with E-state index in [9.17, 15) is 18.0 Å². The molecule has 1 atom stereocenters. The molecule has 1 aromatic heterocycles. The molecular formula is C16H22F3N5O2. The van der Waals surface area contributed by atoms with Crippen molar-refractivity contribution in [3.8, 4) is 0 Å². The van der Waals surface area contributed by atoms with Crippen molar-refractivity contribution in [2.24, 2.45) is 0 Å². The molecule has 1 amide bonds. The molecule has 144 valence electrons. The molecule has 0 radical (unpaired) electrons. The van der Waals surface area contributed by atoms with E-state index in [1.165, 1.54) is 0 Å². The highest BCUT2D eigenvalue weighted by Crippen LogP contribution is 2.28. The Morgan fingerprint density at radius 3 is 2.38 bits per heavy atom. The summed E-state index contributed by atoms with van der Waals surface area (Å²) in [5.74, 6) is 0.167. The van der Waals surface area contributed by atoms with Crippen molar-refractivity contribution in [1.29, 1.82) is 0 Å². The average Bonchev–Trinajstić information content (AvgIpc) is 2.60. The molecule has 2 aliphatic heterocycles. The number of halogens is 3. The van der Waals surface area contributed by atoms with Crippen LogP contribution in [0.2, 0.25) is 0 Å². The largest absolute Gasteiger partial charge is 0.419 e. The standard InChI is InChI=1S/C16H22F3N5O2/c1-15(2)10-20-9-12(26-15)13(25)23-3-5-24(6-4-23)14-21-7-11(8-22-14)16(17,18)19/h7-8,12,20H,3-6,9-10H2,1-2H3/t12-/m1/s1. The second kappa shape index (κ2) is 6.99. The van der Waals surface area contributed by atoms with Crippen LogP contribution in [0, 0.1) is 0 Å². The van der Waals surface area contributed by atoms with Gasteiger partial charge in [-0.05, 0) is 13.8 Å². The maximum absolute atomic E-state index is 12.6. The Morgan fingerprint density at radius 1 is 1.23 bits per heavy atom. The first-order valence-corrected chi connectivity index (χ1v) is 8.47. The Morgan fingerprint density at radius 2 is 1.85 bits per heavy atom. The minimum Gasteiger partial charge on any atom is -0.360 e. The highest BCUT2D eigenvalue weighted by Gasteiger charge is 2.36. The first kappa shape index (κ1) is 18.8. The van der Waals surface area contributed by atoms with Gasteiger partial charge in [-0.1, -0.05) is 0 Å². The molecule has 0 spiro atoms. The molecule has 0 saturated carbocycles. The van der Waals surface area contributed by atoms with Crippen LogP contribution in [0.25, 0.3) is 0 Å². The first-order chi connectivity index (χ1) is 12.2. The maximum atomic E-state index is 12.6. The summed E-state index contributed by atoms with van der Waals surface area (Å²) in [6.45, 7) is 6.84. The fourth-order valence-electron chi connectivity index (χ4n) is 3.07. The van der Waals surface area contributed by atoms with Crippen LogP contribution < -0.4 is 10.2 Å². The van der Waals surface area contributed by atoms with E-state index in [-0.39, 0.29) is 11.9 Å². The molecule has 1 aromatic rings. The zero-order valence-corrected chi connectivity index (χ0v) is 14.7. The summed E-state index contributed by atoms with van der Waals surface area (Å²) in [5.41, 5.74) is -1.27. The van der Waals surface area contributed by atoms with E-state index < -0.39 is 23.4 Å². The zero-order valence-electron chi connectivity index (χ0n) is 14.7. The van der Waals surface area contributed by atoms with Crippen LogP contribution in [0.3, 0.4) is 0 Å². The number of aromatic nitrogens is 2. The lowest BCUT2D eigenvalue weighted by atomic mass is 10.1. The molecular weight excluding hydrogens is 351 g/mol. The summed E-state index contributed by atoms with van der Waals surface area (Å²) in [6.07, 6.45) is -3.41. The molecule has 0 aromatic carbocycles. The van der Waals surface area contributed by atoms with E-state index in [1.807, 2.05) is 13.8 Å². The van der Waals surface area contributed by atoms with Gasteiger partial charge in [-0.3, -0.25) is 4.79 Å². The zero-order chi connectivity index (χ0) is 18.9. The van der Waals surface area contributed by atoms with Gasteiger partial charge in [0.2, 0.25) is 5.95 Å². The molecule has 10 heteroatoms. The molecule has 2 aliphatic rings. The van der Waals surface area contributed by atoms with Crippen LogP contribution in [0.1, 0.15) is 19.4 Å². The van der Waals surface area contributed by atoms with Crippen molar-refractivity contribution in [3.05, 3.63) is 18.0 Å². The maximum Gasteiger partial charge on any atom is 0.419 e. The van der Waals surface area contributed by atoms with Gasteiger partial charge in [-0.2, -0.15) is 13.2 Å². The number of carbonyl (C=O) groups is 1. The van der Waals surface area contributed by atoms with Gasteiger partial charge in [0.15, 0.2) is 0 Å². The topological polar surface area (TPSA) is 70.6 Å². The van der Waals surface area contributed by atoms with Gasteiger partial charge < -0.3 is 19.9 Å². The number of amides is 1. The Hall–Kier alpha value is -1.94. The minimum atomic E-state index is -4.45. The van der Waals surface area contributed by atoms with Crippen LogP contribution in [-0.4, -0.2) is 71.7 Å². The summed E-state index contributed by atoms with van der Waals surface area (Å²) in [7, 11) is 0. The van der Waals surface area contributed by atoms with E-state index >= 15 is 0 Å². The second-order valence-corrected chi connectivity index (χ2v) is 7.08. The summed E-state index contributed by atoms with van der Waals surface area (Å²) in [6, 6.07) is 0. The number of nitrogens with one attached hydrogen (secondary N) is 1. The third-order valence-electron chi connectivity index (χ3n) is 4.46. The SMILES string of the molecule is CC1(C)CNC[C@H](C(=O)N2CCN(c3ncc(C(F)(F)F)cn3)CC2)O1. The van der Waals surface area contributed by atoms with Crippen molar-refractivity contribution in [1.82, 2.24) is 20.2 Å². The van der Waals surface area contributed by atoms with E-state index in [1.54, 1.807) is 9.80 Å². The Labute approximate surface area is 149 Å². The van der Waals surface area contributed by atoms with Crippen molar-refractivity contribution in [3.63, 3.8) is 0 Å². The van der Waals surface area contributed by atoms with Gasteiger partial charge in [0, 0.05) is 51.7 Å². The van der Waals surface area contributed by atoms with Crippen LogP contribution in [0.15, 0.2) is 12.4 Å². The van der Waals surface area contributed by atoms with Crippen molar-refractivity contribution in [2.45, 2.75) is 31.7 Å². The van der Waals surface area contributed by atoms with E-state index in [2.05, 4.69) is 15.3 Å². The fourth-order valence-corrected chi connectivity index (χ4v) is 3.07. The number of hydrogen-bond donors (Lipinski definition) is 1. The smallest absolute Gasteiger partial charge is 0.360 e. The third kappa shape index (κ3) is 4.24. The predicted molar refractivity (Wildman–Crippen MR) is 87.6 cm³/mol. The molecule has 2 fully saturated rings. The first-order valence-electron chi connectivity index (χ1n) is 8.47. The van der Waals surface area contributed by atoms with Crippen molar-refractivity contribution in [2.75, 3.05) is 44.2 Å². The summed E-state index contributed by atoms with van der Waals surface area (Å²) in [5, 5.41) is 3.20. The van der Waals surface area contributed by atoms with Gasteiger partial charge in [-0.25, -0.2) is 9.97 Å². The summed E-state index contributed by atoms with van der Waals surface area (Å²) in [4.78, 5) is 23.7. The van der Waals surface area contributed by atoms with Crippen LogP contribution >= 0.6 is 0 Å². The van der Waals surface area contributed by atoms with Crippen molar-refractivity contribution >= 4 is 11.9 Å². The lowest BCUT2D eigenvalue weighted by Crippen LogP contribution is -2.59. The lowest BCUT2D eigenvalue weighted by molar-refractivity contribution is -0.159. The van der Waals surface area contributed by atoms with Gasteiger partial charge in [0.05, 0.1) is 11.2 Å². The normalized spacial score (nSPS) is 23.8. The number of nitrogens with zero attached hydrogens (tertiary/aromatic N) is 4. The molecule has 2 saturated heterocycles. The van der Waals surface area contributed by atoms with Gasteiger partial charge in [-0.15, -0.1) is 0 Å². The lowest BCUT2D eigenvalue weighted by Gasteiger charge is -2.40. The fraction of sp³-hybridized carbons (Fsp3) is 0.688. The second-order valence-electron chi connectivity index (χ2n) is 7.08. The molecule has 0 aliphatic carbocycles. The Kier molecular flexibility index (Phi) is 5.07. The molecule has 26 heavy (non-hydrogen) atoms. The van der Waals surface area contributed by atoms with Gasteiger partial charge in [0.25, 0.3) is 5.91 Å². The molecule has 7 nitrogen and oxygen atoms in total. The number of piperazine rings is 1. The third-order valence-corrected chi connectivity index (χ3v) is 4.46. The quantitative estimate of drug-likeness (QED) is 0.831. The monoisotopic (exact) mass is 373 g/mol. The van der Waals surface area contributed by atoms with E-state index in [4.69, 9.17) is 4.74 Å². The number of carbonyl (C=O) groups excluding carboxylic acids is 1. The summed E-state index contributed by atoms with van der Waals surface area (Å²) >= 11 is 0. The van der Waals surface area contributed by atoms with Crippen LogP contribution in [0.5, 0.6) is 0 Å². The molecule has 1 N–H and O–H groups in total. The molecule has 0 bridgehead atoms. The molecule has 3 heterocycles. The highest BCUT2D eigenvalue weighted by atomic mass is 19.4. The number of alkyl halides is 3. The molecule has 3 rings (SSSR count). The molecule has 0 unspecified atom stereocenters. The van der Waals surface area contributed by atoms with Gasteiger partial charge in [0.1, 0.15) is 6.10 Å². The average molecular weight is 373 g/mol. The number of hydrogen-bond acceptors (Lipinski definition) is 6. The minimum absolute atomic E-state index is 0.0711. The van der Waals surface area contributed by atoms with Crippen LogP contribution in [0.4, 0.5) is 19.1 Å². The number of ether oxygens (including phenoxy) is 1. The number of rotatable bonds is 2. The van der Waals surface area contributed by atoms with E-state index in [0.29, 0.717) is 39.3 Å². The van der Waals surface area contributed by atoms with Crippen molar-refractivity contribution < 1.29 is 22.7 Å². The Bertz CT molecular complexity index is 642. The number of morpholine rings is 1.